The van der Waals surface area contributed by atoms with E-state index in [0.29, 0.717) is 13.0 Å². The van der Waals surface area contributed by atoms with E-state index in [-0.39, 0.29) is 6.10 Å². The molecule has 0 spiro atoms. The molecule has 2 aliphatic rings. The van der Waals surface area contributed by atoms with Gasteiger partial charge >= 0.3 is 0 Å². The van der Waals surface area contributed by atoms with Crippen molar-refractivity contribution in [2.24, 2.45) is 0 Å². The van der Waals surface area contributed by atoms with Crippen molar-refractivity contribution in [2.45, 2.75) is 24.9 Å². The monoisotopic (exact) mass is 298 g/mol. The number of hydrogen-bond donors (Lipinski definition) is 0. The first-order valence-electron chi connectivity index (χ1n) is 7.36. The van der Waals surface area contributed by atoms with E-state index in [9.17, 15) is 0 Å². The van der Waals surface area contributed by atoms with Crippen LogP contribution in [0.15, 0.2) is 42.5 Å². The van der Waals surface area contributed by atoms with E-state index in [1.807, 2.05) is 30.3 Å². The Morgan fingerprint density at radius 3 is 2.77 bits per heavy atom. The molecule has 0 N–H and O–H groups in total. The molecule has 0 aliphatic carbocycles. The lowest BCUT2D eigenvalue weighted by Gasteiger charge is -2.46. The van der Waals surface area contributed by atoms with Crippen LogP contribution in [0.1, 0.15) is 22.8 Å². The van der Waals surface area contributed by atoms with Crippen LogP contribution in [0.2, 0.25) is 0 Å². The van der Waals surface area contributed by atoms with Gasteiger partial charge in [-0.3, -0.25) is 0 Å². The summed E-state index contributed by atoms with van der Waals surface area (Å²) in [5.41, 5.74) is 3.34. The average Bonchev–Trinajstić information content (AvgIpc) is 2.59. The first-order valence-corrected chi connectivity index (χ1v) is 7.36. The van der Waals surface area contributed by atoms with Crippen LogP contribution in [0.4, 0.5) is 0 Å². The molecule has 0 saturated heterocycles. The summed E-state index contributed by atoms with van der Waals surface area (Å²) in [4.78, 5) is 0. The molecule has 0 saturated carbocycles. The number of ether oxygens (including phenoxy) is 4. The molecule has 0 bridgehead atoms. The van der Waals surface area contributed by atoms with Gasteiger partial charge in [0.15, 0.2) is 6.10 Å². The molecule has 4 rings (SSSR count). The Labute approximate surface area is 129 Å². The first-order chi connectivity index (χ1) is 10.8. The normalized spacial score (nSPS) is 25.5. The zero-order valence-electron chi connectivity index (χ0n) is 12.7. The largest absolute Gasteiger partial charge is 0.497 e. The molecule has 0 amide bonds. The summed E-state index contributed by atoms with van der Waals surface area (Å²) in [5, 5.41) is 0. The fourth-order valence-corrected chi connectivity index (χ4v) is 3.28. The van der Waals surface area contributed by atoms with E-state index in [4.69, 9.17) is 18.9 Å². The van der Waals surface area contributed by atoms with Gasteiger partial charge in [-0.25, -0.2) is 0 Å². The van der Waals surface area contributed by atoms with Crippen molar-refractivity contribution < 1.29 is 18.9 Å². The lowest BCUT2D eigenvalue weighted by molar-refractivity contribution is -0.287. The van der Waals surface area contributed by atoms with Crippen LogP contribution in [0.25, 0.3) is 0 Å². The van der Waals surface area contributed by atoms with Crippen LogP contribution in [0, 0.1) is 0 Å². The highest BCUT2D eigenvalue weighted by molar-refractivity contribution is 5.45. The number of hydrogen-bond acceptors (Lipinski definition) is 4. The molecule has 0 fully saturated rings. The molecule has 2 aromatic carbocycles. The lowest BCUT2D eigenvalue weighted by Crippen LogP contribution is -2.50. The van der Waals surface area contributed by atoms with Crippen LogP contribution in [0.3, 0.4) is 0 Å². The highest BCUT2D eigenvalue weighted by Gasteiger charge is 2.50. The summed E-state index contributed by atoms with van der Waals surface area (Å²) in [6.45, 7) is 0.537. The topological polar surface area (TPSA) is 36.9 Å². The van der Waals surface area contributed by atoms with Gasteiger partial charge in [-0.1, -0.05) is 30.3 Å². The number of benzene rings is 2. The average molecular weight is 298 g/mol. The Morgan fingerprint density at radius 1 is 1.09 bits per heavy atom. The zero-order chi connectivity index (χ0) is 15.2. The molecule has 0 aromatic heterocycles. The fourth-order valence-electron chi connectivity index (χ4n) is 3.28. The minimum Gasteiger partial charge on any atom is -0.497 e. The Kier molecular flexibility index (Phi) is 3.10. The van der Waals surface area contributed by atoms with Gasteiger partial charge in [-0.2, -0.15) is 0 Å². The van der Waals surface area contributed by atoms with Crippen LogP contribution in [-0.4, -0.2) is 20.0 Å². The highest BCUT2D eigenvalue weighted by Crippen LogP contribution is 2.48. The van der Waals surface area contributed by atoms with Crippen LogP contribution in [0.5, 0.6) is 11.5 Å². The van der Waals surface area contributed by atoms with Crippen LogP contribution in [-0.2, 0) is 22.5 Å². The minimum absolute atomic E-state index is 0.276. The molecule has 2 aromatic rings. The highest BCUT2D eigenvalue weighted by atomic mass is 16.7. The lowest BCUT2D eigenvalue weighted by atomic mass is 9.87. The second-order valence-corrected chi connectivity index (χ2v) is 5.65. The zero-order valence-corrected chi connectivity index (χ0v) is 12.7. The molecule has 0 radical (unpaired) electrons. The smallest absolute Gasteiger partial charge is 0.214 e. The summed E-state index contributed by atoms with van der Waals surface area (Å²) in [6.07, 6.45) is 0.379. The van der Waals surface area contributed by atoms with Crippen molar-refractivity contribution in [3.63, 3.8) is 0 Å². The second-order valence-electron chi connectivity index (χ2n) is 5.65. The molecule has 4 heteroatoms. The van der Waals surface area contributed by atoms with Gasteiger partial charge in [0, 0.05) is 25.2 Å². The SMILES string of the molecule is COc1ccc2c(c1)O[C@H]1c3ccccc3CO[C@@]1(OC)C2. The molecular weight excluding hydrogens is 280 g/mol. The summed E-state index contributed by atoms with van der Waals surface area (Å²) < 4.78 is 23.4. The molecule has 2 aliphatic heterocycles. The predicted molar refractivity (Wildman–Crippen MR) is 81.0 cm³/mol. The van der Waals surface area contributed by atoms with Gasteiger partial charge < -0.3 is 18.9 Å². The van der Waals surface area contributed by atoms with Gasteiger partial charge in [-0.15, -0.1) is 0 Å². The van der Waals surface area contributed by atoms with Crippen molar-refractivity contribution in [1.29, 1.82) is 0 Å². The van der Waals surface area contributed by atoms with E-state index < -0.39 is 5.79 Å². The minimum atomic E-state index is -0.768. The number of rotatable bonds is 2. The molecule has 2 heterocycles. The third-order valence-electron chi connectivity index (χ3n) is 4.51. The third kappa shape index (κ3) is 1.91. The van der Waals surface area contributed by atoms with Crippen molar-refractivity contribution in [2.75, 3.05) is 14.2 Å². The number of methoxy groups -OCH3 is 2. The molecule has 0 unspecified atom stereocenters. The van der Waals surface area contributed by atoms with Crippen LogP contribution >= 0.6 is 0 Å². The van der Waals surface area contributed by atoms with E-state index in [2.05, 4.69) is 12.1 Å². The Balaban J connectivity index is 1.82. The Hall–Kier alpha value is -2.04. The van der Waals surface area contributed by atoms with Gasteiger partial charge in [0.25, 0.3) is 0 Å². The maximum Gasteiger partial charge on any atom is 0.214 e. The quantitative estimate of drug-likeness (QED) is 0.853. The summed E-state index contributed by atoms with van der Waals surface area (Å²) in [7, 11) is 3.34. The second kappa shape index (κ2) is 5.00. The van der Waals surface area contributed by atoms with Crippen molar-refractivity contribution in [3.05, 3.63) is 59.2 Å². The van der Waals surface area contributed by atoms with Crippen molar-refractivity contribution in [3.8, 4) is 11.5 Å². The molecule has 2 atom stereocenters. The predicted octanol–water partition coefficient (Wildman–Crippen LogP) is 3.24. The summed E-state index contributed by atoms with van der Waals surface area (Å²) in [6, 6.07) is 14.1. The number of fused-ring (bicyclic) bond motifs is 4. The van der Waals surface area contributed by atoms with E-state index >= 15 is 0 Å². The van der Waals surface area contributed by atoms with Gasteiger partial charge in [0.2, 0.25) is 5.79 Å². The Bertz CT molecular complexity index is 712. The van der Waals surface area contributed by atoms with E-state index in [1.54, 1.807) is 14.2 Å². The fraction of sp³-hybridized carbons (Fsp3) is 0.333. The van der Waals surface area contributed by atoms with Gasteiger partial charge in [-0.05, 0) is 17.2 Å². The van der Waals surface area contributed by atoms with E-state index in [0.717, 1.165) is 28.2 Å². The molecular formula is C18H18O4. The van der Waals surface area contributed by atoms with Crippen molar-refractivity contribution in [1.82, 2.24) is 0 Å². The maximum atomic E-state index is 6.27. The molecule has 22 heavy (non-hydrogen) atoms. The molecule has 4 nitrogen and oxygen atoms in total. The molecule has 114 valence electrons. The Morgan fingerprint density at radius 2 is 1.95 bits per heavy atom. The standard InChI is InChI=1S/C18H18O4/c1-19-14-8-7-12-10-18(20-2)17(22-16(12)9-14)15-6-4-3-5-13(15)11-21-18/h3-9,17H,10-11H2,1-2H3/t17-,18-/m0/s1. The maximum absolute atomic E-state index is 6.27. The third-order valence-corrected chi connectivity index (χ3v) is 4.51. The van der Waals surface area contributed by atoms with Gasteiger partial charge in [0.1, 0.15) is 11.5 Å². The van der Waals surface area contributed by atoms with Gasteiger partial charge in [0.05, 0.1) is 13.7 Å². The van der Waals surface area contributed by atoms with Crippen molar-refractivity contribution >= 4 is 0 Å². The summed E-state index contributed by atoms with van der Waals surface area (Å²) >= 11 is 0. The van der Waals surface area contributed by atoms with Crippen LogP contribution < -0.4 is 9.47 Å². The van der Waals surface area contributed by atoms with E-state index in [1.165, 1.54) is 0 Å². The first kappa shape index (κ1) is 13.6. The summed E-state index contributed by atoms with van der Waals surface area (Å²) in [5.74, 6) is 0.849.